The van der Waals surface area contributed by atoms with Gasteiger partial charge in [-0.3, -0.25) is 4.79 Å². The maximum absolute atomic E-state index is 14.4. The average molecular weight is 401 g/mol. The lowest BCUT2D eigenvalue weighted by atomic mass is 10.1. The standard InChI is InChI=1S/C22H28FN3O3/c1-16-20(24-7-11-28-12-8-24)17(2)26(15-18-5-3-4-6-19(18)23)21(16)22(27)25-9-13-29-14-10-25/h3-6H,7-15H2,1-2H3. The molecular weight excluding hydrogens is 373 g/mol. The molecule has 3 heterocycles. The lowest BCUT2D eigenvalue weighted by molar-refractivity contribution is 0.0295. The zero-order valence-electron chi connectivity index (χ0n) is 17.1. The molecule has 0 aliphatic carbocycles. The van der Waals surface area contributed by atoms with Crippen LogP contribution in [0.15, 0.2) is 24.3 Å². The number of halogens is 1. The molecule has 2 aliphatic heterocycles. The molecule has 2 saturated heterocycles. The second kappa shape index (κ2) is 8.55. The first-order valence-corrected chi connectivity index (χ1v) is 10.2. The fourth-order valence-corrected chi connectivity index (χ4v) is 4.32. The molecule has 2 aliphatic rings. The summed E-state index contributed by atoms with van der Waals surface area (Å²) in [6, 6.07) is 6.76. The molecule has 0 saturated carbocycles. The van der Waals surface area contributed by atoms with Gasteiger partial charge in [-0.25, -0.2) is 4.39 Å². The molecule has 156 valence electrons. The van der Waals surface area contributed by atoms with Gasteiger partial charge in [0, 0.05) is 43.0 Å². The number of amides is 1. The predicted molar refractivity (Wildman–Crippen MR) is 109 cm³/mol. The number of hydrogen-bond donors (Lipinski definition) is 0. The van der Waals surface area contributed by atoms with E-state index in [1.807, 2.05) is 29.4 Å². The summed E-state index contributed by atoms with van der Waals surface area (Å²) >= 11 is 0. The lowest BCUT2D eigenvalue weighted by Crippen LogP contribution is -2.41. The molecule has 2 fully saturated rings. The van der Waals surface area contributed by atoms with Crippen molar-refractivity contribution in [3.8, 4) is 0 Å². The average Bonchev–Trinajstić information content (AvgIpc) is 3.00. The quantitative estimate of drug-likeness (QED) is 0.790. The van der Waals surface area contributed by atoms with E-state index in [2.05, 4.69) is 4.90 Å². The van der Waals surface area contributed by atoms with Gasteiger partial charge in [0.15, 0.2) is 0 Å². The van der Waals surface area contributed by atoms with E-state index in [4.69, 9.17) is 9.47 Å². The van der Waals surface area contributed by atoms with Crippen LogP contribution in [0.4, 0.5) is 10.1 Å². The minimum Gasteiger partial charge on any atom is -0.378 e. The highest BCUT2D eigenvalue weighted by Gasteiger charge is 2.30. The largest absolute Gasteiger partial charge is 0.378 e. The smallest absolute Gasteiger partial charge is 0.271 e. The van der Waals surface area contributed by atoms with Crippen molar-refractivity contribution in [1.82, 2.24) is 9.47 Å². The Morgan fingerprint density at radius 1 is 1.00 bits per heavy atom. The molecule has 7 heteroatoms. The Morgan fingerprint density at radius 3 is 2.28 bits per heavy atom. The minimum absolute atomic E-state index is 0.00949. The number of nitrogens with zero attached hydrogens (tertiary/aromatic N) is 3. The Bertz CT molecular complexity index is 884. The fourth-order valence-electron chi connectivity index (χ4n) is 4.32. The van der Waals surface area contributed by atoms with Crippen LogP contribution in [0.5, 0.6) is 0 Å². The van der Waals surface area contributed by atoms with Crippen LogP contribution in [0.2, 0.25) is 0 Å². The first-order chi connectivity index (χ1) is 14.1. The van der Waals surface area contributed by atoms with Crippen molar-refractivity contribution >= 4 is 11.6 Å². The second-order valence-electron chi connectivity index (χ2n) is 7.59. The van der Waals surface area contributed by atoms with E-state index in [1.165, 1.54) is 6.07 Å². The molecule has 0 radical (unpaired) electrons. The van der Waals surface area contributed by atoms with Crippen LogP contribution in [0.1, 0.15) is 27.3 Å². The van der Waals surface area contributed by atoms with Gasteiger partial charge in [-0.15, -0.1) is 0 Å². The normalized spacial score (nSPS) is 17.6. The third kappa shape index (κ3) is 3.89. The van der Waals surface area contributed by atoms with Crippen LogP contribution in [0.3, 0.4) is 0 Å². The molecule has 1 amide bonds. The SMILES string of the molecule is Cc1c(N2CCOCC2)c(C)n(Cc2ccccc2F)c1C(=O)N1CCOCC1. The van der Waals surface area contributed by atoms with E-state index >= 15 is 0 Å². The van der Waals surface area contributed by atoms with Gasteiger partial charge in [0.2, 0.25) is 0 Å². The second-order valence-corrected chi connectivity index (χ2v) is 7.59. The highest BCUT2D eigenvalue weighted by Crippen LogP contribution is 2.33. The molecule has 0 N–H and O–H groups in total. The van der Waals surface area contributed by atoms with Crippen molar-refractivity contribution in [2.75, 3.05) is 57.5 Å². The van der Waals surface area contributed by atoms with Gasteiger partial charge < -0.3 is 23.8 Å². The number of carbonyl (C=O) groups excluding carboxylic acids is 1. The number of carbonyl (C=O) groups is 1. The van der Waals surface area contributed by atoms with E-state index in [1.54, 1.807) is 12.1 Å². The van der Waals surface area contributed by atoms with Crippen molar-refractivity contribution in [2.24, 2.45) is 0 Å². The number of ether oxygens (including phenoxy) is 2. The monoisotopic (exact) mass is 401 g/mol. The molecule has 6 nitrogen and oxygen atoms in total. The number of benzene rings is 1. The molecule has 0 bridgehead atoms. The number of hydrogen-bond acceptors (Lipinski definition) is 4. The molecule has 4 rings (SSSR count). The summed E-state index contributed by atoms with van der Waals surface area (Å²) in [5.41, 5.74) is 4.24. The van der Waals surface area contributed by atoms with E-state index in [0.29, 0.717) is 57.3 Å². The maximum atomic E-state index is 14.4. The molecule has 29 heavy (non-hydrogen) atoms. The van der Waals surface area contributed by atoms with E-state index in [0.717, 1.165) is 30.0 Å². The summed E-state index contributed by atoms with van der Waals surface area (Å²) in [7, 11) is 0. The highest BCUT2D eigenvalue weighted by molar-refractivity contribution is 5.96. The number of morpholine rings is 2. The topological polar surface area (TPSA) is 46.9 Å². The Balaban J connectivity index is 1.78. The third-order valence-electron chi connectivity index (χ3n) is 5.84. The zero-order valence-corrected chi connectivity index (χ0v) is 17.1. The highest BCUT2D eigenvalue weighted by atomic mass is 19.1. The van der Waals surface area contributed by atoms with Crippen LogP contribution in [0, 0.1) is 19.7 Å². The summed E-state index contributed by atoms with van der Waals surface area (Å²) in [5.74, 6) is -0.263. The predicted octanol–water partition coefficient (Wildman–Crippen LogP) is 2.60. The first-order valence-electron chi connectivity index (χ1n) is 10.2. The number of anilines is 1. The van der Waals surface area contributed by atoms with Gasteiger partial charge in [0.05, 0.1) is 38.7 Å². The maximum Gasteiger partial charge on any atom is 0.271 e. The molecule has 0 unspecified atom stereocenters. The molecule has 2 aromatic rings. The molecular formula is C22H28FN3O3. The van der Waals surface area contributed by atoms with Crippen LogP contribution >= 0.6 is 0 Å². The minimum atomic E-state index is -0.254. The van der Waals surface area contributed by atoms with E-state index in [-0.39, 0.29) is 11.7 Å². The van der Waals surface area contributed by atoms with Gasteiger partial charge in [-0.2, -0.15) is 0 Å². The fraction of sp³-hybridized carbons (Fsp3) is 0.500. The molecule has 0 atom stereocenters. The van der Waals surface area contributed by atoms with E-state index in [9.17, 15) is 9.18 Å². The zero-order chi connectivity index (χ0) is 20.4. The number of aromatic nitrogens is 1. The van der Waals surface area contributed by atoms with Crippen LogP contribution in [0.25, 0.3) is 0 Å². The van der Waals surface area contributed by atoms with Gasteiger partial charge >= 0.3 is 0 Å². The lowest BCUT2D eigenvalue weighted by Gasteiger charge is -2.30. The van der Waals surface area contributed by atoms with Crippen molar-refractivity contribution in [1.29, 1.82) is 0 Å². The summed E-state index contributed by atoms with van der Waals surface area (Å²) in [6.45, 7) is 9.53. The van der Waals surface area contributed by atoms with Crippen LogP contribution < -0.4 is 4.90 Å². The summed E-state index contributed by atoms with van der Waals surface area (Å²) in [5, 5.41) is 0. The molecule has 0 spiro atoms. The van der Waals surface area contributed by atoms with Crippen LogP contribution in [-0.4, -0.2) is 68.0 Å². The summed E-state index contributed by atoms with van der Waals surface area (Å²) < 4.78 is 27.3. The van der Waals surface area contributed by atoms with Gasteiger partial charge in [0.1, 0.15) is 11.5 Å². The van der Waals surface area contributed by atoms with E-state index < -0.39 is 0 Å². The molecule has 1 aromatic heterocycles. The Hall–Kier alpha value is -2.38. The van der Waals surface area contributed by atoms with Crippen molar-refractivity contribution in [2.45, 2.75) is 20.4 Å². The van der Waals surface area contributed by atoms with Crippen LogP contribution in [-0.2, 0) is 16.0 Å². The van der Waals surface area contributed by atoms with Gasteiger partial charge in [-0.05, 0) is 19.9 Å². The van der Waals surface area contributed by atoms with Crippen molar-refractivity contribution in [3.05, 3.63) is 52.6 Å². The summed E-state index contributed by atoms with van der Waals surface area (Å²) in [4.78, 5) is 17.6. The van der Waals surface area contributed by atoms with Gasteiger partial charge in [0.25, 0.3) is 5.91 Å². The Kier molecular flexibility index (Phi) is 5.87. The van der Waals surface area contributed by atoms with Gasteiger partial charge in [-0.1, -0.05) is 18.2 Å². The summed E-state index contributed by atoms with van der Waals surface area (Å²) in [6.07, 6.45) is 0. The van der Waals surface area contributed by atoms with Crippen molar-refractivity contribution < 1.29 is 18.7 Å². The number of rotatable bonds is 4. The third-order valence-corrected chi connectivity index (χ3v) is 5.84. The first kappa shape index (κ1) is 19.9. The van der Waals surface area contributed by atoms with Crippen molar-refractivity contribution in [3.63, 3.8) is 0 Å². The Morgan fingerprint density at radius 2 is 1.62 bits per heavy atom. The Labute approximate surface area is 170 Å². The molecule has 1 aromatic carbocycles.